The van der Waals surface area contributed by atoms with Gasteiger partial charge in [-0.3, -0.25) is 4.21 Å². The fraction of sp³-hybridized carbons (Fsp3) is 1.00. The Morgan fingerprint density at radius 3 is 2.76 bits per heavy atom. The molecule has 0 rings (SSSR count). The lowest BCUT2D eigenvalue weighted by atomic mass is 10.2. The maximum Gasteiger partial charge on any atom is 0.0897 e. The largest absolute Gasteiger partial charge is 0.389 e. The second kappa shape index (κ2) is 11.1. The summed E-state index contributed by atoms with van der Waals surface area (Å²) in [5.41, 5.74) is 0. The highest BCUT2D eigenvalue weighted by Crippen LogP contribution is 1.94. The molecule has 0 aromatic heterocycles. The van der Waals surface area contributed by atoms with E-state index in [1.807, 2.05) is 6.92 Å². The van der Waals surface area contributed by atoms with Crippen molar-refractivity contribution in [3.8, 4) is 0 Å². The lowest BCUT2D eigenvalue weighted by Gasteiger charge is -2.16. The zero-order valence-corrected chi connectivity index (χ0v) is 12.1. The van der Waals surface area contributed by atoms with Gasteiger partial charge >= 0.3 is 0 Å². The van der Waals surface area contributed by atoms with Crippen LogP contribution in [-0.4, -0.2) is 53.2 Å². The van der Waals surface area contributed by atoms with Gasteiger partial charge in [-0.1, -0.05) is 13.3 Å². The Kier molecular flexibility index (Phi) is 11.2. The second-order valence-electron chi connectivity index (χ2n) is 4.46. The third kappa shape index (κ3) is 12.3. The first-order valence-corrected chi connectivity index (χ1v) is 8.08. The SMILES string of the molecule is CCCCOCC(O)CNC(C)CCS(C)=O. The summed E-state index contributed by atoms with van der Waals surface area (Å²) in [4.78, 5) is 0. The van der Waals surface area contributed by atoms with Crippen molar-refractivity contribution in [1.82, 2.24) is 5.32 Å². The molecule has 0 aliphatic carbocycles. The summed E-state index contributed by atoms with van der Waals surface area (Å²) >= 11 is 0. The van der Waals surface area contributed by atoms with E-state index >= 15 is 0 Å². The average Bonchev–Trinajstić information content (AvgIpc) is 2.29. The number of ether oxygens (including phenoxy) is 1. The minimum absolute atomic E-state index is 0.282. The van der Waals surface area contributed by atoms with Gasteiger partial charge < -0.3 is 15.2 Å². The Morgan fingerprint density at radius 2 is 2.18 bits per heavy atom. The van der Waals surface area contributed by atoms with Gasteiger partial charge in [0.2, 0.25) is 0 Å². The Hall–Kier alpha value is 0.0300. The van der Waals surface area contributed by atoms with Crippen LogP contribution in [0.15, 0.2) is 0 Å². The van der Waals surface area contributed by atoms with Crippen molar-refractivity contribution in [2.75, 3.05) is 31.8 Å². The molecule has 17 heavy (non-hydrogen) atoms. The van der Waals surface area contributed by atoms with E-state index in [0.717, 1.165) is 25.9 Å². The first kappa shape index (κ1) is 17.0. The third-order valence-corrected chi connectivity index (χ3v) is 3.30. The molecular weight excluding hydrogens is 238 g/mol. The van der Waals surface area contributed by atoms with Crippen molar-refractivity contribution in [2.24, 2.45) is 0 Å². The molecule has 5 heteroatoms. The normalized spacial score (nSPS) is 16.7. The van der Waals surface area contributed by atoms with Crippen molar-refractivity contribution in [2.45, 2.75) is 45.3 Å². The zero-order chi connectivity index (χ0) is 13.1. The standard InChI is InChI=1S/C12H27NO3S/c1-4-5-7-16-10-12(14)9-13-11(2)6-8-17(3)15/h11-14H,4-10H2,1-3H3. The number of aliphatic hydroxyl groups is 1. The summed E-state index contributed by atoms with van der Waals surface area (Å²) in [6, 6.07) is 0.282. The molecule has 0 radical (unpaired) electrons. The van der Waals surface area contributed by atoms with Crippen LogP contribution < -0.4 is 5.32 Å². The Labute approximate surface area is 108 Å². The molecule has 4 nitrogen and oxygen atoms in total. The van der Waals surface area contributed by atoms with E-state index < -0.39 is 16.9 Å². The molecule has 2 N–H and O–H groups in total. The molecule has 0 bridgehead atoms. The highest BCUT2D eigenvalue weighted by molar-refractivity contribution is 7.84. The van der Waals surface area contributed by atoms with Crippen molar-refractivity contribution < 1.29 is 14.1 Å². The van der Waals surface area contributed by atoms with E-state index in [9.17, 15) is 9.32 Å². The van der Waals surface area contributed by atoms with Crippen LogP contribution in [0.25, 0.3) is 0 Å². The van der Waals surface area contributed by atoms with E-state index in [1.165, 1.54) is 0 Å². The quantitative estimate of drug-likeness (QED) is 0.545. The smallest absolute Gasteiger partial charge is 0.0897 e. The molecule has 3 unspecified atom stereocenters. The predicted molar refractivity (Wildman–Crippen MR) is 72.7 cm³/mol. The van der Waals surface area contributed by atoms with Crippen LogP contribution in [0.4, 0.5) is 0 Å². The number of nitrogens with one attached hydrogen (secondary N) is 1. The number of unbranched alkanes of at least 4 members (excludes halogenated alkanes) is 1. The van der Waals surface area contributed by atoms with Crippen LogP contribution >= 0.6 is 0 Å². The average molecular weight is 265 g/mol. The minimum Gasteiger partial charge on any atom is -0.389 e. The fourth-order valence-electron chi connectivity index (χ4n) is 1.31. The van der Waals surface area contributed by atoms with E-state index in [2.05, 4.69) is 12.2 Å². The Balaban J connectivity index is 3.41. The first-order valence-electron chi connectivity index (χ1n) is 6.35. The van der Waals surface area contributed by atoms with Gasteiger partial charge in [0.15, 0.2) is 0 Å². The van der Waals surface area contributed by atoms with E-state index in [4.69, 9.17) is 4.74 Å². The van der Waals surface area contributed by atoms with Crippen LogP contribution in [0.5, 0.6) is 0 Å². The fourth-order valence-corrected chi connectivity index (χ4v) is 1.99. The van der Waals surface area contributed by atoms with Gasteiger partial charge in [-0.25, -0.2) is 0 Å². The molecule has 0 amide bonds. The van der Waals surface area contributed by atoms with Crippen molar-refractivity contribution in [3.63, 3.8) is 0 Å². The summed E-state index contributed by atoms with van der Waals surface area (Å²) in [6.07, 6.45) is 4.27. The molecule has 0 fully saturated rings. The van der Waals surface area contributed by atoms with Gasteiger partial charge in [0.1, 0.15) is 0 Å². The Morgan fingerprint density at radius 1 is 1.47 bits per heavy atom. The number of aliphatic hydroxyl groups excluding tert-OH is 1. The predicted octanol–water partition coefficient (Wildman–Crippen LogP) is 0.911. The van der Waals surface area contributed by atoms with E-state index in [1.54, 1.807) is 6.26 Å². The molecule has 104 valence electrons. The molecule has 0 aliphatic heterocycles. The minimum atomic E-state index is -0.735. The van der Waals surface area contributed by atoms with Gasteiger partial charge in [0.25, 0.3) is 0 Å². The maximum atomic E-state index is 10.9. The number of hydrogen-bond donors (Lipinski definition) is 2. The lowest BCUT2D eigenvalue weighted by Crippen LogP contribution is -2.36. The summed E-state index contributed by atoms with van der Waals surface area (Å²) in [5.74, 6) is 0.706. The van der Waals surface area contributed by atoms with Crippen molar-refractivity contribution >= 4 is 10.8 Å². The molecule has 0 aliphatic rings. The summed E-state index contributed by atoms with van der Waals surface area (Å²) < 4.78 is 16.2. The second-order valence-corrected chi connectivity index (χ2v) is 6.01. The van der Waals surface area contributed by atoms with Crippen molar-refractivity contribution in [3.05, 3.63) is 0 Å². The maximum absolute atomic E-state index is 10.9. The molecule has 0 aromatic carbocycles. The lowest BCUT2D eigenvalue weighted by molar-refractivity contribution is 0.0348. The van der Waals surface area contributed by atoms with Crippen LogP contribution in [-0.2, 0) is 15.5 Å². The molecule has 3 atom stereocenters. The highest BCUT2D eigenvalue weighted by Gasteiger charge is 2.07. The summed E-state index contributed by atoms with van der Waals surface area (Å²) in [6.45, 7) is 5.79. The molecule has 0 saturated carbocycles. The topological polar surface area (TPSA) is 58.6 Å². The van der Waals surface area contributed by atoms with Gasteiger partial charge in [-0.2, -0.15) is 0 Å². The number of hydrogen-bond acceptors (Lipinski definition) is 4. The third-order valence-electron chi connectivity index (χ3n) is 2.49. The molecule has 0 heterocycles. The Bertz CT molecular complexity index is 202. The monoisotopic (exact) mass is 265 g/mol. The number of rotatable bonds is 11. The van der Waals surface area contributed by atoms with Gasteiger partial charge in [0.05, 0.1) is 12.7 Å². The molecule has 0 spiro atoms. The van der Waals surface area contributed by atoms with Crippen LogP contribution in [0.1, 0.15) is 33.1 Å². The van der Waals surface area contributed by atoms with Gasteiger partial charge in [-0.05, 0) is 19.8 Å². The van der Waals surface area contributed by atoms with Crippen LogP contribution in [0.3, 0.4) is 0 Å². The van der Waals surface area contributed by atoms with Crippen LogP contribution in [0, 0.1) is 0 Å². The van der Waals surface area contributed by atoms with Crippen LogP contribution in [0.2, 0.25) is 0 Å². The van der Waals surface area contributed by atoms with E-state index in [-0.39, 0.29) is 6.04 Å². The molecular formula is C12H27NO3S. The van der Waals surface area contributed by atoms with Crippen molar-refractivity contribution in [1.29, 1.82) is 0 Å². The summed E-state index contributed by atoms with van der Waals surface area (Å²) in [5, 5.41) is 12.8. The molecule has 0 aromatic rings. The molecule has 0 saturated heterocycles. The highest BCUT2D eigenvalue weighted by atomic mass is 32.2. The summed E-state index contributed by atoms with van der Waals surface area (Å²) in [7, 11) is -0.735. The van der Waals surface area contributed by atoms with E-state index in [0.29, 0.717) is 18.9 Å². The zero-order valence-electron chi connectivity index (χ0n) is 11.3. The van der Waals surface area contributed by atoms with Gasteiger partial charge in [0, 0.05) is 42.0 Å². The first-order chi connectivity index (χ1) is 8.06. The van der Waals surface area contributed by atoms with Gasteiger partial charge in [-0.15, -0.1) is 0 Å².